The van der Waals surface area contributed by atoms with Crippen LogP contribution in [0.15, 0.2) is 18.2 Å². The number of ether oxygens (including phenoxy) is 1. The monoisotopic (exact) mass is 247 g/mol. The molecule has 0 amide bonds. The van der Waals surface area contributed by atoms with Crippen molar-refractivity contribution in [2.45, 2.75) is 26.0 Å². The summed E-state index contributed by atoms with van der Waals surface area (Å²) in [6.45, 7) is 4.43. The van der Waals surface area contributed by atoms with Gasteiger partial charge in [-0.25, -0.2) is 0 Å². The molecule has 0 bridgehead atoms. The number of benzene rings is 1. The molecular formula is C11H15Cl2NO. The van der Waals surface area contributed by atoms with E-state index in [1.807, 2.05) is 19.9 Å². The predicted molar refractivity (Wildman–Crippen MR) is 64.5 cm³/mol. The Morgan fingerprint density at radius 3 is 2.47 bits per heavy atom. The van der Waals surface area contributed by atoms with E-state index < -0.39 is 0 Å². The van der Waals surface area contributed by atoms with Crippen LogP contribution in [0.5, 0.6) is 0 Å². The number of nitrogens with two attached hydrogens (primary N) is 1. The van der Waals surface area contributed by atoms with Crippen molar-refractivity contribution in [1.29, 1.82) is 0 Å². The molecule has 2 N–H and O–H groups in total. The molecule has 0 aliphatic rings. The lowest BCUT2D eigenvalue weighted by Crippen LogP contribution is -2.19. The summed E-state index contributed by atoms with van der Waals surface area (Å²) in [6.07, 6.45) is 0.179. The van der Waals surface area contributed by atoms with Crippen LogP contribution < -0.4 is 5.73 Å². The van der Waals surface area contributed by atoms with Crippen LogP contribution in [-0.4, -0.2) is 12.7 Å². The Labute approximate surface area is 100 Å². The van der Waals surface area contributed by atoms with Gasteiger partial charge in [-0.1, -0.05) is 29.3 Å². The first kappa shape index (κ1) is 12.8. The van der Waals surface area contributed by atoms with Crippen molar-refractivity contribution < 1.29 is 4.74 Å². The predicted octanol–water partition coefficient (Wildman–Crippen LogP) is 3.42. The van der Waals surface area contributed by atoms with Crippen LogP contribution >= 0.6 is 23.2 Å². The molecule has 0 radical (unpaired) electrons. The second-order valence-corrected chi connectivity index (χ2v) is 4.48. The molecule has 0 fully saturated rings. The standard InChI is InChI=1S/C11H15Cl2NO/c1-7(2)15-6-11(14)8-3-4-9(12)10(13)5-8/h3-5,7,11H,6,14H2,1-2H3. The van der Waals surface area contributed by atoms with Crippen LogP contribution in [0.25, 0.3) is 0 Å². The van der Waals surface area contributed by atoms with Gasteiger partial charge in [0.2, 0.25) is 0 Å². The molecule has 15 heavy (non-hydrogen) atoms. The summed E-state index contributed by atoms with van der Waals surface area (Å²) in [7, 11) is 0. The van der Waals surface area contributed by atoms with Crippen LogP contribution in [0.2, 0.25) is 10.0 Å². The lowest BCUT2D eigenvalue weighted by Gasteiger charge is -2.15. The van der Waals surface area contributed by atoms with E-state index in [4.69, 9.17) is 33.7 Å². The minimum absolute atomic E-state index is 0.165. The second kappa shape index (κ2) is 5.71. The maximum absolute atomic E-state index is 5.94. The topological polar surface area (TPSA) is 35.2 Å². The van der Waals surface area contributed by atoms with E-state index >= 15 is 0 Å². The molecule has 0 aromatic heterocycles. The molecule has 4 heteroatoms. The normalized spacial score (nSPS) is 13.2. The first-order valence-corrected chi connectivity index (χ1v) is 5.58. The highest BCUT2D eigenvalue weighted by molar-refractivity contribution is 6.42. The summed E-state index contributed by atoms with van der Waals surface area (Å²) in [5, 5.41) is 1.06. The van der Waals surface area contributed by atoms with E-state index in [0.717, 1.165) is 5.56 Å². The first-order valence-electron chi connectivity index (χ1n) is 4.83. The van der Waals surface area contributed by atoms with E-state index in [1.54, 1.807) is 12.1 Å². The quantitative estimate of drug-likeness (QED) is 0.886. The molecule has 1 unspecified atom stereocenters. The van der Waals surface area contributed by atoms with Crippen molar-refractivity contribution >= 4 is 23.2 Å². The van der Waals surface area contributed by atoms with Gasteiger partial charge < -0.3 is 10.5 Å². The Hall–Kier alpha value is -0.280. The first-order chi connectivity index (χ1) is 7.00. The fourth-order valence-electron chi connectivity index (χ4n) is 1.14. The van der Waals surface area contributed by atoms with Gasteiger partial charge in [0.15, 0.2) is 0 Å². The van der Waals surface area contributed by atoms with E-state index in [2.05, 4.69) is 0 Å². The summed E-state index contributed by atoms with van der Waals surface area (Å²) in [6, 6.07) is 5.22. The zero-order valence-corrected chi connectivity index (χ0v) is 10.3. The van der Waals surface area contributed by atoms with Crippen LogP contribution in [0.1, 0.15) is 25.5 Å². The Morgan fingerprint density at radius 2 is 1.93 bits per heavy atom. The zero-order chi connectivity index (χ0) is 11.4. The third kappa shape index (κ3) is 3.99. The third-order valence-corrected chi connectivity index (χ3v) is 2.72. The van der Waals surface area contributed by atoms with E-state index in [0.29, 0.717) is 16.7 Å². The van der Waals surface area contributed by atoms with Gasteiger partial charge in [0.05, 0.1) is 28.8 Å². The number of hydrogen-bond acceptors (Lipinski definition) is 2. The molecule has 0 spiro atoms. The number of rotatable bonds is 4. The molecule has 1 atom stereocenters. The molecule has 1 aromatic carbocycles. The van der Waals surface area contributed by atoms with Gasteiger partial charge in [0, 0.05) is 0 Å². The molecule has 0 heterocycles. The van der Waals surface area contributed by atoms with Crippen LogP contribution in [0, 0.1) is 0 Å². The van der Waals surface area contributed by atoms with Crippen LogP contribution in [0.3, 0.4) is 0 Å². The lowest BCUT2D eigenvalue weighted by molar-refractivity contribution is 0.0683. The van der Waals surface area contributed by atoms with E-state index in [9.17, 15) is 0 Å². The van der Waals surface area contributed by atoms with Crippen molar-refractivity contribution in [2.75, 3.05) is 6.61 Å². The maximum Gasteiger partial charge on any atom is 0.0662 e. The van der Waals surface area contributed by atoms with Gasteiger partial charge >= 0.3 is 0 Å². The highest BCUT2D eigenvalue weighted by Crippen LogP contribution is 2.25. The van der Waals surface area contributed by atoms with Crippen molar-refractivity contribution in [2.24, 2.45) is 5.73 Å². The fraction of sp³-hybridized carbons (Fsp3) is 0.455. The average molecular weight is 248 g/mol. The molecular weight excluding hydrogens is 233 g/mol. The summed E-state index contributed by atoms with van der Waals surface area (Å²) >= 11 is 11.7. The van der Waals surface area contributed by atoms with Gasteiger partial charge in [-0.05, 0) is 31.5 Å². The third-order valence-electron chi connectivity index (χ3n) is 1.98. The molecule has 1 rings (SSSR count). The van der Waals surface area contributed by atoms with Gasteiger partial charge in [-0.15, -0.1) is 0 Å². The number of halogens is 2. The van der Waals surface area contributed by atoms with Crippen molar-refractivity contribution in [1.82, 2.24) is 0 Å². The van der Waals surface area contributed by atoms with Crippen molar-refractivity contribution in [3.63, 3.8) is 0 Å². The molecule has 1 aromatic rings. The molecule has 0 saturated heterocycles. The highest BCUT2D eigenvalue weighted by atomic mass is 35.5. The summed E-state index contributed by atoms with van der Waals surface area (Å²) < 4.78 is 5.43. The summed E-state index contributed by atoms with van der Waals surface area (Å²) in [4.78, 5) is 0. The van der Waals surface area contributed by atoms with E-state index in [1.165, 1.54) is 0 Å². The SMILES string of the molecule is CC(C)OCC(N)c1ccc(Cl)c(Cl)c1. The van der Waals surface area contributed by atoms with Gasteiger partial charge in [0.25, 0.3) is 0 Å². The Balaban J connectivity index is 2.65. The van der Waals surface area contributed by atoms with Gasteiger partial charge in [0.1, 0.15) is 0 Å². The Kier molecular flexibility index (Phi) is 4.87. The highest BCUT2D eigenvalue weighted by Gasteiger charge is 2.09. The minimum Gasteiger partial charge on any atom is -0.377 e. The molecule has 2 nitrogen and oxygen atoms in total. The summed E-state index contributed by atoms with van der Waals surface area (Å²) in [5.74, 6) is 0. The lowest BCUT2D eigenvalue weighted by atomic mass is 10.1. The molecule has 0 aliphatic carbocycles. The van der Waals surface area contributed by atoms with Crippen LogP contribution in [-0.2, 0) is 4.74 Å². The largest absolute Gasteiger partial charge is 0.377 e. The minimum atomic E-state index is -0.165. The van der Waals surface area contributed by atoms with Crippen molar-refractivity contribution in [3.8, 4) is 0 Å². The van der Waals surface area contributed by atoms with Gasteiger partial charge in [-0.3, -0.25) is 0 Å². The van der Waals surface area contributed by atoms with E-state index in [-0.39, 0.29) is 12.1 Å². The molecule has 0 aliphatic heterocycles. The molecule has 0 saturated carbocycles. The van der Waals surface area contributed by atoms with Crippen molar-refractivity contribution in [3.05, 3.63) is 33.8 Å². The smallest absolute Gasteiger partial charge is 0.0662 e. The zero-order valence-electron chi connectivity index (χ0n) is 8.84. The summed E-state index contributed by atoms with van der Waals surface area (Å²) in [5.41, 5.74) is 6.87. The van der Waals surface area contributed by atoms with Crippen LogP contribution in [0.4, 0.5) is 0 Å². The Bertz CT molecular complexity index is 328. The molecule has 84 valence electrons. The second-order valence-electron chi connectivity index (χ2n) is 3.66. The fourth-order valence-corrected chi connectivity index (χ4v) is 1.44. The van der Waals surface area contributed by atoms with Gasteiger partial charge in [-0.2, -0.15) is 0 Å². The Morgan fingerprint density at radius 1 is 1.27 bits per heavy atom. The number of hydrogen-bond donors (Lipinski definition) is 1. The maximum atomic E-state index is 5.94. The average Bonchev–Trinajstić information content (AvgIpc) is 2.18.